The Bertz CT molecular complexity index is 646. The van der Waals surface area contributed by atoms with Gasteiger partial charge in [0.15, 0.2) is 5.65 Å². The summed E-state index contributed by atoms with van der Waals surface area (Å²) in [7, 11) is 0. The van der Waals surface area contributed by atoms with Gasteiger partial charge in [-0.05, 0) is 26.9 Å². The van der Waals surface area contributed by atoms with Crippen molar-refractivity contribution in [2.75, 3.05) is 5.32 Å². The Labute approximate surface area is 110 Å². The fourth-order valence-corrected chi connectivity index (χ4v) is 2.98. The van der Waals surface area contributed by atoms with Gasteiger partial charge in [-0.3, -0.25) is 0 Å². The molecule has 0 radical (unpaired) electrons. The minimum absolute atomic E-state index is 0.776. The third-order valence-electron chi connectivity index (χ3n) is 2.42. The lowest BCUT2D eigenvalue weighted by atomic mass is 10.3. The van der Waals surface area contributed by atoms with Crippen molar-refractivity contribution in [2.45, 2.75) is 6.54 Å². The first-order valence-corrected chi connectivity index (χ1v) is 6.80. The van der Waals surface area contributed by atoms with Crippen molar-refractivity contribution < 1.29 is 0 Å². The number of nitrogens with one attached hydrogen (secondary N) is 1. The molecule has 3 aromatic heterocycles. The molecule has 0 amide bonds. The summed E-state index contributed by atoms with van der Waals surface area (Å²) in [6.07, 6.45) is 5.49. The van der Waals surface area contributed by atoms with Gasteiger partial charge in [0.05, 0.1) is 24.3 Å². The molecule has 0 spiro atoms. The van der Waals surface area contributed by atoms with Gasteiger partial charge in [-0.1, -0.05) is 0 Å². The molecule has 6 heteroatoms. The zero-order valence-corrected chi connectivity index (χ0v) is 11.2. The van der Waals surface area contributed by atoms with Crippen molar-refractivity contribution in [3.8, 4) is 0 Å². The third-order valence-corrected chi connectivity index (χ3v) is 4.25. The predicted octanol–water partition coefficient (Wildman–Crippen LogP) is 3.17. The standard InChI is InChI=1S/C11H9BrN4S/c12-10-7-17-6-8(10)3-13-9-4-14-11-1-2-15-16(11)5-9/h1-2,4-7,13H,3H2. The van der Waals surface area contributed by atoms with Crippen molar-refractivity contribution in [3.63, 3.8) is 0 Å². The Kier molecular flexibility index (Phi) is 2.82. The van der Waals surface area contributed by atoms with E-state index in [9.17, 15) is 0 Å². The molecule has 0 saturated heterocycles. The van der Waals surface area contributed by atoms with E-state index in [1.807, 2.05) is 18.5 Å². The number of thiophene rings is 1. The van der Waals surface area contributed by atoms with Gasteiger partial charge in [0.1, 0.15) is 0 Å². The van der Waals surface area contributed by atoms with Crippen LogP contribution in [0.4, 0.5) is 5.69 Å². The number of hydrogen-bond acceptors (Lipinski definition) is 4. The number of nitrogens with zero attached hydrogens (tertiary/aromatic N) is 3. The SMILES string of the molecule is Brc1cscc1CNc1cnc2ccnn2c1. The van der Waals surface area contributed by atoms with E-state index in [4.69, 9.17) is 0 Å². The number of fused-ring (bicyclic) bond motifs is 1. The highest BCUT2D eigenvalue weighted by molar-refractivity contribution is 9.10. The van der Waals surface area contributed by atoms with Crippen LogP contribution in [0, 0.1) is 0 Å². The molecule has 0 aliphatic rings. The third kappa shape index (κ3) is 2.18. The van der Waals surface area contributed by atoms with Crippen molar-refractivity contribution in [1.82, 2.24) is 14.6 Å². The van der Waals surface area contributed by atoms with Crippen molar-refractivity contribution >= 4 is 38.6 Å². The van der Waals surface area contributed by atoms with Crippen LogP contribution in [0.5, 0.6) is 0 Å². The van der Waals surface area contributed by atoms with Crippen LogP contribution in [0.15, 0.2) is 39.9 Å². The van der Waals surface area contributed by atoms with E-state index in [0.717, 1.165) is 22.4 Å². The van der Waals surface area contributed by atoms with Crippen molar-refractivity contribution in [2.24, 2.45) is 0 Å². The number of anilines is 1. The van der Waals surface area contributed by atoms with Gasteiger partial charge in [0.2, 0.25) is 0 Å². The number of aromatic nitrogens is 3. The lowest BCUT2D eigenvalue weighted by Crippen LogP contribution is -2.01. The first-order valence-electron chi connectivity index (χ1n) is 5.07. The van der Waals surface area contributed by atoms with E-state index in [-0.39, 0.29) is 0 Å². The molecule has 0 bridgehead atoms. The summed E-state index contributed by atoms with van der Waals surface area (Å²) in [5, 5.41) is 11.7. The summed E-state index contributed by atoms with van der Waals surface area (Å²) in [6, 6.07) is 1.87. The average Bonchev–Trinajstić information content (AvgIpc) is 2.94. The zero-order chi connectivity index (χ0) is 11.7. The molecule has 3 rings (SSSR count). The maximum atomic E-state index is 4.29. The minimum Gasteiger partial charge on any atom is -0.378 e. The molecular formula is C11H9BrN4S. The smallest absolute Gasteiger partial charge is 0.155 e. The van der Waals surface area contributed by atoms with E-state index < -0.39 is 0 Å². The molecule has 0 aliphatic heterocycles. The van der Waals surface area contributed by atoms with Gasteiger partial charge in [-0.25, -0.2) is 9.50 Å². The lowest BCUT2D eigenvalue weighted by Gasteiger charge is -2.05. The second-order valence-electron chi connectivity index (χ2n) is 3.58. The average molecular weight is 309 g/mol. The molecule has 0 saturated carbocycles. The molecule has 0 aromatic carbocycles. The molecule has 0 aliphatic carbocycles. The highest BCUT2D eigenvalue weighted by Crippen LogP contribution is 2.22. The first-order chi connectivity index (χ1) is 8.33. The lowest BCUT2D eigenvalue weighted by molar-refractivity contribution is 0.936. The fourth-order valence-electron chi connectivity index (χ4n) is 1.53. The molecule has 4 nitrogen and oxygen atoms in total. The second kappa shape index (κ2) is 4.46. The van der Waals surface area contributed by atoms with Crippen LogP contribution in [0.1, 0.15) is 5.56 Å². The monoisotopic (exact) mass is 308 g/mol. The van der Waals surface area contributed by atoms with Crippen LogP contribution in [0.2, 0.25) is 0 Å². The molecule has 0 fully saturated rings. The van der Waals surface area contributed by atoms with Gasteiger partial charge >= 0.3 is 0 Å². The van der Waals surface area contributed by atoms with Gasteiger partial charge in [0, 0.05) is 22.5 Å². The van der Waals surface area contributed by atoms with Crippen molar-refractivity contribution in [3.05, 3.63) is 45.5 Å². The molecule has 0 atom stereocenters. The highest BCUT2D eigenvalue weighted by atomic mass is 79.9. The van der Waals surface area contributed by atoms with E-state index in [1.165, 1.54) is 5.56 Å². The minimum atomic E-state index is 0.776. The Morgan fingerprint density at radius 3 is 3.18 bits per heavy atom. The number of halogens is 1. The summed E-state index contributed by atoms with van der Waals surface area (Å²) in [5.74, 6) is 0. The Morgan fingerprint density at radius 1 is 1.41 bits per heavy atom. The maximum absolute atomic E-state index is 4.29. The van der Waals surface area contributed by atoms with Crippen LogP contribution in [0.3, 0.4) is 0 Å². The zero-order valence-electron chi connectivity index (χ0n) is 8.80. The molecule has 3 heterocycles. The molecule has 1 N–H and O–H groups in total. The molecule has 0 unspecified atom stereocenters. The topological polar surface area (TPSA) is 42.2 Å². The fraction of sp³-hybridized carbons (Fsp3) is 0.0909. The van der Waals surface area contributed by atoms with E-state index in [1.54, 1.807) is 22.0 Å². The predicted molar refractivity (Wildman–Crippen MR) is 72.3 cm³/mol. The first kappa shape index (κ1) is 10.7. The highest BCUT2D eigenvalue weighted by Gasteiger charge is 2.01. The summed E-state index contributed by atoms with van der Waals surface area (Å²) < 4.78 is 2.90. The van der Waals surface area contributed by atoms with Gasteiger partial charge in [0.25, 0.3) is 0 Å². The largest absolute Gasteiger partial charge is 0.378 e. The quantitative estimate of drug-likeness (QED) is 0.808. The Morgan fingerprint density at radius 2 is 2.35 bits per heavy atom. The summed E-state index contributed by atoms with van der Waals surface area (Å²) >= 11 is 5.20. The Hall–Kier alpha value is -1.40. The van der Waals surface area contributed by atoms with E-state index >= 15 is 0 Å². The summed E-state index contributed by atoms with van der Waals surface area (Å²) in [6.45, 7) is 0.776. The number of rotatable bonds is 3. The van der Waals surface area contributed by atoms with Gasteiger partial charge in [-0.15, -0.1) is 0 Å². The van der Waals surface area contributed by atoms with Gasteiger partial charge in [-0.2, -0.15) is 16.4 Å². The summed E-state index contributed by atoms with van der Waals surface area (Å²) in [4.78, 5) is 4.29. The molecule has 3 aromatic rings. The Balaban J connectivity index is 1.78. The van der Waals surface area contributed by atoms with Gasteiger partial charge < -0.3 is 5.32 Å². The number of hydrogen-bond donors (Lipinski definition) is 1. The summed E-state index contributed by atoms with van der Waals surface area (Å²) in [5.41, 5.74) is 3.06. The normalized spacial score (nSPS) is 10.9. The molecule has 86 valence electrons. The van der Waals surface area contributed by atoms with Crippen molar-refractivity contribution in [1.29, 1.82) is 0 Å². The van der Waals surface area contributed by atoms with E-state index in [2.05, 4.69) is 42.1 Å². The molecular weight excluding hydrogens is 300 g/mol. The van der Waals surface area contributed by atoms with Crippen LogP contribution < -0.4 is 5.32 Å². The van der Waals surface area contributed by atoms with Crippen LogP contribution in [0.25, 0.3) is 5.65 Å². The van der Waals surface area contributed by atoms with Crippen LogP contribution >= 0.6 is 27.3 Å². The maximum Gasteiger partial charge on any atom is 0.155 e. The van der Waals surface area contributed by atoms with Crippen LogP contribution in [-0.4, -0.2) is 14.6 Å². The second-order valence-corrected chi connectivity index (χ2v) is 5.17. The van der Waals surface area contributed by atoms with Crippen LogP contribution in [-0.2, 0) is 6.54 Å². The van der Waals surface area contributed by atoms with E-state index in [0.29, 0.717) is 0 Å². The molecule has 17 heavy (non-hydrogen) atoms.